The monoisotopic (exact) mass is 373 g/mol. The van der Waals surface area contributed by atoms with Gasteiger partial charge in [-0.15, -0.1) is 0 Å². The summed E-state index contributed by atoms with van der Waals surface area (Å²) in [5.74, 6) is -0.578. The highest BCUT2D eigenvalue weighted by atomic mass is 35.5. The van der Waals surface area contributed by atoms with Gasteiger partial charge < -0.3 is 15.1 Å². The van der Waals surface area contributed by atoms with Gasteiger partial charge in [-0.1, -0.05) is 24.6 Å². The van der Waals surface area contributed by atoms with Gasteiger partial charge >= 0.3 is 5.24 Å². The molecule has 132 valence electrons. The number of hydrogen-bond donors (Lipinski definition) is 1. The van der Waals surface area contributed by atoms with Crippen LogP contribution >= 0.6 is 11.6 Å². The molecule has 1 aliphatic rings. The zero-order chi connectivity index (χ0) is 17.7. The summed E-state index contributed by atoms with van der Waals surface area (Å²) in [6.45, 7) is 3.37. The first kappa shape index (κ1) is 18.5. The predicted octanol–water partition coefficient (Wildman–Crippen LogP) is 1.13. The number of halogens is 1. The third kappa shape index (κ3) is 4.61. The Morgan fingerprint density at radius 1 is 1.21 bits per heavy atom. The molecule has 0 spiro atoms. The second-order valence-electron chi connectivity index (χ2n) is 5.39. The molecule has 9 heteroatoms. The zero-order valence-electron chi connectivity index (χ0n) is 13.4. The van der Waals surface area contributed by atoms with Gasteiger partial charge in [0.05, 0.1) is 12.3 Å². The van der Waals surface area contributed by atoms with E-state index < -0.39 is 15.1 Å². The smallest absolute Gasteiger partial charge is 0.336 e. The molecule has 0 atom stereocenters. The van der Waals surface area contributed by atoms with Crippen LogP contribution in [0.5, 0.6) is 0 Å². The summed E-state index contributed by atoms with van der Waals surface area (Å²) in [5.41, 5.74) is 0.997. The minimum Gasteiger partial charge on any atom is -0.368 e. The Balaban J connectivity index is 1.84. The fourth-order valence-corrected chi connectivity index (χ4v) is 3.13. The number of hydrogen-bond acceptors (Lipinski definition) is 5. The number of anilines is 1. The van der Waals surface area contributed by atoms with E-state index in [-0.39, 0.29) is 18.2 Å². The molecule has 7 nitrogen and oxygen atoms in total. The van der Waals surface area contributed by atoms with Crippen molar-refractivity contribution in [1.82, 2.24) is 10.2 Å². The summed E-state index contributed by atoms with van der Waals surface area (Å²) < 4.78 is 22.7. The molecule has 0 saturated carbocycles. The van der Waals surface area contributed by atoms with Gasteiger partial charge in [0.2, 0.25) is 15.7 Å². The van der Waals surface area contributed by atoms with Gasteiger partial charge in [0, 0.05) is 36.9 Å². The Bertz CT molecular complexity index is 715. The molecule has 1 fully saturated rings. The molecule has 1 aliphatic heterocycles. The van der Waals surface area contributed by atoms with Gasteiger partial charge in [0.1, 0.15) is 0 Å². The minimum absolute atomic E-state index is 0.286. The summed E-state index contributed by atoms with van der Waals surface area (Å²) >= 11 is 5.98. The molecule has 0 radical (unpaired) electrons. The minimum atomic E-state index is -3.81. The summed E-state index contributed by atoms with van der Waals surface area (Å²) in [6, 6.07) is 7.50. The van der Waals surface area contributed by atoms with Crippen molar-refractivity contribution in [3.63, 3.8) is 0 Å². The van der Waals surface area contributed by atoms with Crippen LogP contribution in [0, 0.1) is 0 Å². The molecule has 1 N–H and O–H groups in total. The lowest BCUT2D eigenvalue weighted by molar-refractivity contribution is -0.130. The first-order valence-electron chi connectivity index (χ1n) is 7.62. The number of nitrogens with one attached hydrogen (secondary N) is 1. The van der Waals surface area contributed by atoms with Crippen molar-refractivity contribution in [2.45, 2.75) is 6.92 Å². The average Bonchev–Trinajstić information content (AvgIpc) is 2.59. The SMILES string of the molecule is CCS(=O)(=O)C(=O)NCC(=O)N1CCN(c2cccc(Cl)c2)CC1. The first-order chi connectivity index (χ1) is 11.3. The molecule has 0 aromatic heterocycles. The van der Waals surface area contributed by atoms with Gasteiger partial charge in [0.15, 0.2) is 0 Å². The van der Waals surface area contributed by atoms with Gasteiger partial charge in [0.25, 0.3) is 0 Å². The van der Waals surface area contributed by atoms with E-state index in [1.807, 2.05) is 18.2 Å². The fraction of sp³-hybridized carbons (Fsp3) is 0.467. The topological polar surface area (TPSA) is 86.8 Å². The van der Waals surface area contributed by atoms with Crippen molar-refractivity contribution in [2.75, 3.05) is 43.4 Å². The molecular formula is C15H20ClN3O4S. The van der Waals surface area contributed by atoms with E-state index in [1.165, 1.54) is 6.92 Å². The number of piperazine rings is 1. The summed E-state index contributed by atoms with van der Waals surface area (Å²) in [4.78, 5) is 27.3. The summed E-state index contributed by atoms with van der Waals surface area (Å²) in [7, 11) is -3.81. The quantitative estimate of drug-likeness (QED) is 0.855. The molecule has 2 rings (SSSR count). The second-order valence-corrected chi connectivity index (χ2v) is 8.01. The van der Waals surface area contributed by atoms with E-state index >= 15 is 0 Å². The van der Waals surface area contributed by atoms with Crippen LogP contribution in [0.4, 0.5) is 10.5 Å². The van der Waals surface area contributed by atoms with E-state index in [0.717, 1.165) is 5.69 Å². The van der Waals surface area contributed by atoms with E-state index in [0.29, 0.717) is 31.2 Å². The number of sulfone groups is 1. The number of carbonyl (C=O) groups excluding carboxylic acids is 2. The molecule has 2 amide bonds. The Kier molecular flexibility index (Phi) is 6.06. The van der Waals surface area contributed by atoms with Gasteiger partial charge in [-0.25, -0.2) is 8.42 Å². The fourth-order valence-electron chi connectivity index (χ4n) is 2.39. The highest BCUT2D eigenvalue weighted by molar-refractivity contribution is 8.05. The number of amides is 2. The predicted molar refractivity (Wildman–Crippen MR) is 93.1 cm³/mol. The number of rotatable bonds is 4. The Hall–Kier alpha value is -1.80. The average molecular weight is 374 g/mol. The van der Waals surface area contributed by atoms with E-state index in [4.69, 9.17) is 11.6 Å². The maximum absolute atomic E-state index is 12.1. The van der Waals surface area contributed by atoms with Gasteiger partial charge in [-0.2, -0.15) is 0 Å². The Labute approximate surface area is 146 Å². The van der Waals surface area contributed by atoms with E-state index in [1.54, 1.807) is 11.0 Å². The molecule has 0 unspecified atom stereocenters. The molecule has 0 bridgehead atoms. The maximum Gasteiger partial charge on any atom is 0.336 e. The Morgan fingerprint density at radius 3 is 2.46 bits per heavy atom. The number of nitrogens with zero attached hydrogens (tertiary/aromatic N) is 2. The lowest BCUT2D eigenvalue weighted by Gasteiger charge is -2.36. The largest absolute Gasteiger partial charge is 0.368 e. The zero-order valence-corrected chi connectivity index (χ0v) is 14.9. The standard InChI is InChI=1S/C15H20ClN3O4S/c1-2-24(22,23)15(21)17-11-14(20)19-8-6-18(7-9-19)13-5-3-4-12(16)10-13/h3-5,10H,2,6-9,11H2,1H3,(H,17,21). The second kappa shape index (κ2) is 7.85. The molecular weight excluding hydrogens is 354 g/mol. The lowest BCUT2D eigenvalue weighted by Crippen LogP contribution is -2.51. The molecule has 1 aromatic rings. The van der Waals surface area contributed by atoms with E-state index in [9.17, 15) is 18.0 Å². The normalized spacial score (nSPS) is 15.2. The lowest BCUT2D eigenvalue weighted by atomic mass is 10.2. The van der Waals surface area contributed by atoms with Crippen LogP contribution in [0.1, 0.15) is 6.92 Å². The van der Waals surface area contributed by atoms with Crippen LogP contribution in [0.25, 0.3) is 0 Å². The van der Waals surface area contributed by atoms with Crippen molar-refractivity contribution in [3.8, 4) is 0 Å². The number of carbonyl (C=O) groups is 2. The third-order valence-electron chi connectivity index (χ3n) is 3.85. The van der Waals surface area contributed by atoms with Gasteiger partial charge in [-0.05, 0) is 18.2 Å². The molecule has 1 aromatic carbocycles. The molecule has 1 saturated heterocycles. The van der Waals surface area contributed by atoms with Crippen molar-refractivity contribution in [2.24, 2.45) is 0 Å². The van der Waals surface area contributed by atoms with Crippen molar-refractivity contribution < 1.29 is 18.0 Å². The number of benzene rings is 1. The van der Waals surface area contributed by atoms with Crippen molar-refractivity contribution >= 4 is 38.3 Å². The molecule has 0 aliphatic carbocycles. The Morgan fingerprint density at radius 2 is 1.88 bits per heavy atom. The van der Waals surface area contributed by atoms with Crippen LogP contribution < -0.4 is 10.2 Å². The highest BCUT2D eigenvalue weighted by Gasteiger charge is 2.24. The van der Waals surface area contributed by atoms with Crippen LogP contribution in [0.2, 0.25) is 5.02 Å². The summed E-state index contributed by atoms with van der Waals surface area (Å²) in [6.07, 6.45) is 0. The molecule has 24 heavy (non-hydrogen) atoms. The first-order valence-corrected chi connectivity index (χ1v) is 9.65. The maximum atomic E-state index is 12.1. The van der Waals surface area contributed by atoms with Crippen molar-refractivity contribution in [1.29, 1.82) is 0 Å². The molecule has 1 heterocycles. The summed E-state index contributed by atoms with van der Waals surface area (Å²) in [5, 5.41) is 1.73. The highest BCUT2D eigenvalue weighted by Crippen LogP contribution is 2.20. The third-order valence-corrected chi connectivity index (χ3v) is 5.56. The van der Waals surface area contributed by atoms with Crippen LogP contribution in [-0.2, 0) is 14.6 Å². The van der Waals surface area contributed by atoms with Crippen molar-refractivity contribution in [3.05, 3.63) is 29.3 Å². The van der Waals surface area contributed by atoms with Gasteiger partial charge in [-0.3, -0.25) is 9.59 Å². The van der Waals surface area contributed by atoms with E-state index in [2.05, 4.69) is 10.2 Å². The van der Waals surface area contributed by atoms with Crippen LogP contribution in [0.15, 0.2) is 24.3 Å². The van der Waals surface area contributed by atoms with Crippen LogP contribution in [0.3, 0.4) is 0 Å². The van der Waals surface area contributed by atoms with Crippen LogP contribution in [-0.4, -0.2) is 62.9 Å².